The largest absolute Gasteiger partial charge is 0.480 e. The number of allylic oxidation sites excluding steroid dienone is 4. The Morgan fingerprint density at radius 2 is 1.71 bits per heavy atom. The van der Waals surface area contributed by atoms with E-state index in [1.54, 1.807) is 0 Å². The van der Waals surface area contributed by atoms with Gasteiger partial charge in [-0.2, -0.15) is 0 Å². The Morgan fingerprint density at radius 1 is 0.971 bits per heavy atom. The second-order valence-corrected chi connectivity index (χ2v) is 8.62. The topological polar surface area (TPSA) is 67.2 Å². The van der Waals surface area contributed by atoms with Gasteiger partial charge in [-0.1, -0.05) is 91.0 Å². The summed E-state index contributed by atoms with van der Waals surface area (Å²) in [5, 5.41) is 12.0. The van der Waals surface area contributed by atoms with Crippen LogP contribution in [0.15, 0.2) is 103 Å². The molecule has 1 aromatic heterocycles. The first kappa shape index (κ1) is 22.4. The minimum Gasteiger partial charge on any atom is -0.480 e. The molecule has 0 radical (unpaired) electrons. The Kier molecular flexibility index (Phi) is 6.31. The van der Waals surface area contributed by atoms with Gasteiger partial charge in [-0.25, -0.2) is 4.98 Å². The highest BCUT2D eigenvalue weighted by Gasteiger charge is 2.24. The monoisotopic (exact) mass is 461 g/mol. The van der Waals surface area contributed by atoms with Crippen molar-refractivity contribution in [1.82, 2.24) is 9.55 Å². The lowest BCUT2D eigenvalue weighted by molar-refractivity contribution is -0.134. The number of aromatic nitrogens is 2. The molecule has 0 spiro atoms. The zero-order valence-corrected chi connectivity index (χ0v) is 19.6. The van der Waals surface area contributed by atoms with Crippen molar-refractivity contribution in [3.63, 3.8) is 0 Å². The Hall–Kier alpha value is -4.38. The van der Waals surface area contributed by atoms with Crippen LogP contribution in [0.4, 0.5) is 5.69 Å². The Bertz CT molecular complexity index is 1420. The number of hydrogen-bond donors (Lipinski definition) is 2. The summed E-state index contributed by atoms with van der Waals surface area (Å²) in [6.45, 7) is -0.127. The van der Waals surface area contributed by atoms with Gasteiger partial charge in [0.05, 0.1) is 11.4 Å². The minimum atomic E-state index is -0.892. The predicted octanol–water partition coefficient (Wildman–Crippen LogP) is 6.52. The van der Waals surface area contributed by atoms with E-state index in [0.29, 0.717) is 0 Å². The van der Waals surface area contributed by atoms with Crippen LogP contribution >= 0.6 is 0 Å². The number of nitrogens with one attached hydrogen (secondary N) is 1. The van der Waals surface area contributed by atoms with Crippen LogP contribution in [0.2, 0.25) is 0 Å². The molecular weight excluding hydrogens is 434 g/mol. The van der Waals surface area contributed by atoms with E-state index in [-0.39, 0.29) is 12.5 Å². The third kappa shape index (κ3) is 4.66. The van der Waals surface area contributed by atoms with Gasteiger partial charge in [0.15, 0.2) is 0 Å². The molecule has 174 valence electrons. The van der Waals surface area contributed by atoms with Gasteiger partial charge in [-0.15, -0.1) is 0 Å². The van der Waals surface area contributed by atoms with Crippen LogP contribution < -0.4 is 5.32 Å². The highest BCUT2D eigenvalue weighted by molar-refractivity contribution is 5.84. The van der Waals surface area contributed by atoms with E-state index < -0.39 is 5.97 Å². The summed E-state index contributed by atoms with van der Waals surface area (Å²) in [7, 11) is 2.08. The average molecular weight is 462 g/mol. The number of aliphatic carboxylic acids is 1. The van der Waals surface area contributed by atoms with Gasteiger partial charge < -0.3 is 15.0 Å². The number of carbonyl (C=O) groups is 1. The second-order valence-electron chi connectivity index (χ2n) is 8.62. The van der Waals surface area contributed by atoms with Gasteiger partial charge in [0, 0.05) is 29.8 Å². The summed E-state index contributed by atoms with van der Waals surface area (Å²) < 4.78 is 2.20. The zero-order valence-electron chi connectivity index (χ0n) is 19.6. The highest BCUT2D eigenvalue weighted by Crippen LogP contribution is 2.39. The van der Waals surface area contributed by atoms with E-state index in [1.807, 2.05) is 42.5 Å². The van der Waals surface area contributed by atoms with E-state index in [1.165, 1.54) is 0 Å². The van der Waals surface area contributed by atoms with Gasteiger partial charge in [0.1, 0.15) is 12.4 Å². The molecular formula is C30H27N3O2. The van der Waals surface area contributed by atoms with E-state index >= 15 is 0 Å². The molecule has 1 heterocycles. The molecule has 1 atom stereocenters. The third-order valence-electron chi connectivity index (χ3n) is 6.29. The number of benzene rings is 3. The molecule has 4 aromatic rings. The molecule has 3 aromatic carbocycles. The molecule has 0 bridgehead atoms. The van der Waals surface area contributed by atoms with E-state index in [9.17, 15) is 4.79 Å². The number of hydrogen-bond acceptors (Lipinski definition) is 3. The average Bonchev–Trinajstić information content (AvgIpc) is 3.25. The highest BCUT2D eigenvalue weighted by atomic mass is 16.4. The summed E-state index contributed by atoms with van der Waals surface area (Å²) in [5.41, 5.74) is 7.18. The van der Waals surface area contributed by atoms with Crippen molar-refractivity contribution in [2.45, 2.75) is 12.3 Å². The molecule has 0 saturated heterocycles. The number of imidazole rings is 1. The van der Waals surface area contributed by atoms with Crippen LogP contribution in [0.1, 0.15) is 18.0 Å². The van der Waals surface area contributed by atoms with Crippen molar-refractivity contribution in [2.24, 2.45) is 7.05 Å². The van der Waals surface area contributed by atoms with Crippen molar-refractivity contribution in [3.8, 4) is 33.8 Å². The molecule has 2 N–H and O–H groups in total. The first-order valence-electron chi connectivity index (χ1n) is 11.7. The van der Waals surface area contributed by atoms with Crippen molar-refractivity contribution in [2.75, 3.05) is 11.9 Å². The van der Waals surface area contributed by atoms with Crippen LogP contribution in [0, 0.1) is 0 Å². The molecule has 1 aliphatic rings. The van der Waals surface area contributed by atoms with Gasteiger partial charge in [0.25, 0.3) is 0 Å². The molecule has 0 aliphatic heterocycles. The summed E-state index contributed by atoms with van der Waals surface area (Å²) in [4.78, 5) is 16.2. The summed E-state index contributed by atoms with van der Waals surface area (Å²) in [6.07, 6.45) is 9.52. The van der Waals surface area contributed by atoms with Crippen LogP contribution in [-0.2, 0) is 11.8 Å². The van der Waals surface area contributed by atoms with Crippen LogP contribution in [0.5, 0.6) is 0 Å². The molecule has 1 aliphatic carbocycles. The number of nitrogens with zero attached hydrogens (tertiary/aromatic N) is 2. The normalized spacial score (nSPS) is 14.7. The fourth-order valence-electron chi connectivity index (χ4n) is 4.64. The Labute approximate surface area is 205 Å². The van der Waals surface area contributed by atoms with Gasteiger partial charge in [0.2, 0.25) is 0 Å². The van der Waals surface area contributed by atoms with Crippen LogP contribution in [0.25, 0.3) is 33.8 Å². The third-order valence-corrected chi connectivity index (χ3v) is 6.29. The molecule has 5 rings (SSSR count). The van der Waals surface area contributed by atoms with Gasteiger partial charge >= 0.3 is 5.97 Å². The second kappa shape index (κ2) is 9.85. The first-order valence-corrected chi connectivity index (χ1v) is 11.7. The number of anilines is 1. The Balaban J connectivity index is 1.64. The molecule has 5 nitrogen and oxygen atoms in total. The zero-order chi connectivity index (χ0) is 24.2. The van der Waals surface area contributed by atoms with Crippen molar-refractivity contribution >= 4 is 11.7 Å². The van der Waals surface area contributed by atoms with Crippen LogP contribution in [-0.4, -0.2) is 27.2 Å². The summed E-state index contributed by atoms with van der Waals surface area (Å²) in [6, 6.07) is 26.5. The van der Waals surface area contributed by atoms with Crippen LogP contribution in [0.3, 0.4) is 0 Å². The molecule has 0 saturated carbocycles. The molecule has 0 fully saturated rings. The lowest BCUT2D eigenvalue weighted by Crippen LogP contribution is -2.12. The molecule has 1 unspecified atom stereocenters. The number of rotatable bonds is 7. The SMILES string of the molecule is Cn1c(-c2ccccc2-c2cccc(NCC(=O)O)c2)nc(C2C=CC=CC2)c1-c1ccccc1. The number of carboxylic acids is 1. The van der Waals surface area contributed by atoms with Gasteiger partial charge in [-0.3, -0.25) is 4.79 Å². The fourth-order valence-corrected chi connectivity index (χ4v) is 4.64. The first-order chi connectivity index (χ1) is 17.1. The number of carboxylic acid groups (broad SMARTS) is 1. The maximum atomic E-state index is 11.0. The smallest absolute Gasteiger partial charge is 0.322 e. The van der Waals surface area contributed by atoms with E-state index in [2.05, 4.69) is 77.6 Å². The Morgan fingerprint density at radius 3 is 2.46 bits per heavy atom. The van der Waals surface area contributed by atoms with Crippen molar-refractivity contribution in [3.05, 3.63) is 109 Å². The standard InChI is InChI=1S/C30H27N3O2/c1-33-29(22-13-6-3-7-14-22)28(21-11-4-2-5-12-21)32-30(33)26-18-9-8-17-25(26)23-15-10-16-24(19-23)31-20-27(34)35/h2-11,13-19,21,31H,12,20H2,1H3,(H,34,35). The maximum Gasteiger partial charge on any atom is 0.322 e. The van der Waals surface area contributed by atoms with E-state index in [0.717, 1.165) is 51.6 Å². The predicted molar refractivity (Wildman–Crippen MR) is 141 cm³/mol. The minimum absolute atomic E-state index is 0.127. The lowest BCUT2D eigenvalue weighted by atomic mass is 9.94. The quantitative estimate of drug-likeness (QED) is 0.329. The maximum absolute atomic E-state index is 11.0. The lowest BCUT2D eigenvalue weighted by Gasteiger charge is -2.14. The summed E-state index contributed by atoms with van der Waals surface area (Å²) in [5.74, 6) is 0.226. The molecule has 35 heavy (non-hydrogen) atoms. The fraction of sp³-hybridized carbons (Fsp3) is 0.133. The summed E-state index contributed by atoms with van der Waals surface area (Å²) >= 11 is 0. The molecule has 5 heteroatoms. The van der Waals surface area contributed by atoms with Gasteiger partial charge in [-0.05, 0) is 29.7 Å². The van der Waals surface area contributed by atoms with E-state index in [4.69, 9.17) is 10.1 Å². The molecule has 0 amide bonds. The van der Waals surface area contributed by atoms with Crippen molar-refractivity contribution in [1.29, 1.82) is 0 Å². The van der Waals surface area contributed by atoms with Crippen molar-refractivity contribution < 1.29 is 9.90 Å².